The SMILES string of the molecule is COc1ccc(C(SCCCCCCCCCCC(=O)NC(C)(C)CC(C)(C)NC(=O)COCCOCCOCC(=O)O)(c2ccccc2)c2ccccc2)cc1. The molecule has 3 aromatic rings. The largest absolute Gasteiger partial charge is 0.497 e. The molecule has 57 heavy (non-hydrogen) atoms. The van der Waals surface area contributed by atoms with Gasteiger partial charge in [0.1, 0.15) is 19.0 Å². The van der Waals surface area contributed by atoms with Crippen LogP contribution < -0.4 is 15.4 Å². The molecule has 10 nitrogen and oxygen atoms in total. The van der Waals surface area contributed by atoms with Crippen molar-refractivity contribution in [2.45, 2.75) is 108 Å². The Labute approximate surface area is 345 Å². The van der Waals surface area contributed by atoms with Crippen molar-refractivity contribution in [2.75, 3.05) is 52.5 Å². The van der Waals surface area contributed by atoms with E-state index in [4.69, 9.17) is 24.1 Å². The van der Waals surface area contributed by atoms with E-state index in [-0.39, 0.29) is 56.2 Å². The van der Waals surface area contributed by atoms with Crippen LogP contribution in [0.1, 0.15) is 109 Å². The van der Waals surface area contributed by atoms with Gasteiger partial charge < -0.3 is 34.7 Å². The second kappa shape index (κ2) is 25.5. The van der Waals surface area contributed by atoms with E-state index in [0.717, 1.165) is 37.2 Å². The quantitative estimate of drug-likeness (QED) is 0.0448. The van der Waals surface area contributed by atoms with Crippen LogP contribution in [0.3, 0.4) is 0 Å². The van der Waals surface area contributed by atoms with E-state index in [9.17, 15) is 14.4 Å². The average molecular weight is 807 g/mol. The zero-order valence-corrected chi connectivity index (χ0v) is 35.6. The van der Waals surface area contributed by atoms with Gasteiger partial charge in [-0.15, -0.1) is 11.8 Å². The van der Waals surface area contributed by atoms with E-state index in [1.54, 1.807) is 7.11 Å². The highest BCUT2D eigenvalue weighted by molar-refractivity contribution is 8.00. The predicted molar refractivity (Wildman–Crippen MR) is 229 cm³/mol. The molecule has 3 N–H and O–H groups in total. The average Bonchev–Trinajstić information content (AvgIpc) is 3.17. The number of hydrogen-bond donors (Lipinski definition) is 3. The first-order valence-corrected chi connectivity index (χ1v) is 21.3. The standard InChI is InChI=1S/C46H66N2O8S/c1-44(2,36-45(3,4)48-42(50)34-55-31-29-54-30-32-56-35-43(51)52)47-41(49)24-18-10-8-6-7-9-11-19-33-57-46(37-20-14-12-15-21-37,38-22-16-13-17-23-38)39-25-27-40(53-5)28-26-39/h12-17,20-23,25-28H,6-11,18-19,24,29-36H2,1-5H3,(H,47,49)(H,48,50)(H,51,52). The molecule has 0 aliphatic rings. The molecule has 3 aromatic carbocycles. The number of rotatable bonds is 30. The molecule has 0 aromatic heterocycles. The van der Waals surface area contributed by atoms with Crippen molar-refractivity contribution in [3.05, 3.63) is 102 Å². The summed E-state index contributed by atoms with van der Waals surface area (Å²) < 4.78 is 20.7. The molecule has 314 valence electrons. The van der Waals surface area contributed by atoms with Gasteiger partial charge in [-0.1, -0.05) is 111 Å². The van der Waals surface area contributed by atoms with Gasteiger partial charge in [-0.3, -0.25) is 9.59 Å². The van der Waals surface area contributed by atoms with E-state index in [1.165, 1.54) is 42.4 Å². The van der Waals surface area contributed by atoms with Crippen LogP contribution >= 0.6 is 11.8 Å². The highest BCUT2D eigenvalue weighted by Crippen LogP contribution is 2.49. The first-order chi connectivity index (χ1) is 27.4. The van der Waals surface area contributed by atoms with Gasteiger partial charge in [0, 0.05) is 17.5 Å². The zero-order valence-electron chi connectivity index (χ0n) is 34.8. The van der Waals surface area contributed by atoms with Crippen molar-refractivity contribution < 1.29 is 38.4 Å². The van der Waals surface area contributed by atoms with Crippen molar-refractivity contribution in [3.8, 4) is 5.75 Å². The summed E-state index contributed by atoms with van der Waals surface area (Å²) in [6.07, 6.45) is 10.0. The second-order valence-electron chi connectivity index (χ2n) is 15.7. The van der Waals surface area contributed by atoms with E-state index in [2.05, 4.69) is 95.6 Å². The number of carbonyl (C=O) groups excluding carboxylic acids is 2. The predicted octanol–water partition coefficient (Wildman–Crippen LogP) is 8.55. The molecule has 0 radical (unpaired) electrons. The molecule has 3 rings (SSSR count). The van der Waals surface area contributed by atoms with Crippen LogP contribution in [0, 0.1) is 0 Å². The topological polar surface area (TPSA) is 132 Å². The Morgan fingerprint density at radius 2 is 1.04 bits per heavy atom. The number of thioether (sulfide) groups is 1. The van der Waals surface area contributed by atoms with Crippen molar-refractivity contribution in [1.29, 1.82) is 0 Å². The Morgan fingerprint density at radius 3 is 1.56 bits per heavy atom. The number of carboxylic acids is 1. The molecule has 0 saturated heterocycles. The number of methoxy groups -OCH3 is 1. The normalized spacial score (nSPS) is 11.9. The van der Waals surface area contributed by atoms with Crippen molar-refractivity contribution in [3.63, 3.8) is 0 Å². The van der Waals surface area contributed by atoms with Crippen molar-refractivity contribution in [1.82, 2.24) is 10.6 Å². The van der Waals surface area contributed by atoms with Crippen molar-refractivity contribution in [2.24, 2.45) is 0 Å². The number of carbonyl (C=O) groups is 3. The smallest absolute Gasteiger partial charge is 0.329 e. The Balaban J connectivity index is 1.30. The van der Waals surface area contributed by atoms with Gasteiger partial charge in [0.15, 0.2) is 0 Å². The molecule has 0 spiro atoms. The Hall–Kier alpha value is -3.90. The number of carboxylic acid groups (broad SMARTS) is 1. The summed E-state index contributed by atoms with van der Waals surface area (Å²) in [4.78, 5) is 35.7. The summed E-state index contributed by atoms with van der Waals surface area (Å²) in [5, 5.41) is 14.7. The van der Waals surface area contributed by atoms with Crippen LogP contribution in [-0.4, -0.2) is 86.5 Å². The lowest BCUT2D eigenvalue weighted by atomic mass is 9.84. The van der Waals surface area contributed by atoms with Crippen LogP contribution in [0.2, 0.25) is 0 Å². The highest BCUT2D eigenvalue weighted by atomic mass is 32.2. The third kappa shape index (κ3) is 18.1. The van der Waals surface area contributed by atoms with Gasteiger partial charge in [-0.05, 0) is 81.5 Å². The molecule has 0 fully saturated rings. The minimum atomic E-state index is -1.03. The summed E-state index contributed by atoms with van der Waals surface area (Å²) in [5.41, 5.74) is 2.75. The van der Waals surface area contributed by atoms with E-state index in [0.29, 0.717) is 12.8 Å². The molecule has 0 aliphatic heterocycles. The van der Waals surface area contributed by atoms with Crippen LogP contribution in [0.4, 0.5) is 0 Å². The van der Waals surface area contributed by atoms with Gasteiger partial charge >= 0.3 is 5.97 Å². The summed E-state index contributed by atoms with van der Waals surface area (Å²) in [6, 6.07) is 30.2. The molecular weight excluding hydrogens is 741 g/mol. The first kappa shape index (κ1) is 47.5. The van der Waals surface area contributed by atoms with Gasteiger partial charge in [-0.2, -0.15) is 0 Å². The minimum Gasteiger partial charge on any atom is -0.497 e. The fourth-order valence-corrected chi connectivity index (χ4v) is 8.87. The third-order valence-corrected chi connectivity index (χ3v) is 11.1. The van der Waals surface area contributed by atoms with Gasteiger partial charge in [0.25, 0.3) is 0 Å². The maximum absolute atomic E-state index is 12.8. The Bertz CT molecular complexity index is 1550. The molecule has 0 saturated carbocycles. The van der Waals surface area contributed by atoms with E-state index < -0.39 is 17.0 Å². The molecule has 0 aliphatic carbocycles. The third-order valence-electron chi connectivity index (χ3n) is 9.52. The van der Waals surface area contributed by atoms with E-state index >= 15 is 0 Å². The Kier molecular flexibility index (Phi) is 21.2. The highest BCUT2D eigenvalue weighted by Gasteiger charge is 2.37. The van der Waals surface area contributed by atoms with Gasteiger partial charge in [0.05, 0.1) is 38.3 Å². The zero-order chi connectivity index (χ0) is 41.4. The minimum absolute atomic E-state index is 0.0352. The van der Waals surface area contributed by atoms with Gasteiger partial charge in [0.2, 0.25) is 11.8 Å². The van der Waals surface area contributed by atoms with Crippen LogP contribution in [0.15, 0.2) is 84.9 Å². The summed E-state index contributed by atoms with van der Waals surface area (Å²) in [7, 11) is 1.71. The Morgan fingerprint density at radius 1 is 0.579 bits per heavy atom. The molecular formula is C46H66N2O8S. The fraction of sp³-hybridized carbons (Fsp3) is 0.543. The molecule has 0 atom stereocenters. The first-order valence-electron chi connectivity index (χ1n) is 20.3. The molecule has 2 amide bonds. The number of benzene rings is 3. The maximum Gasteiger partial charge on any atom is 0.329 e. The summed E-state index contributed by atoms with van der Waals surface area (Å²) in [5.74, 6) is 0.667. The number of hydrogen-bond acceptors (Lipinski definition) is 8. The summed E-state index contributed by atoms with van der Waals surface area (Å²) >= 11 is 2.01. The molecule has 0 heterocycles. The molecule has 11 heteroatoms. The number of unbranched alkanes of at least 4 members (excludes halogenated alkanes) is 7. The second-order valence-corrected chi connectivity index (χ2v) is 17.0. The van der Waals surface area contributed by atoms with Crippen LogP contribution in [0.25, 0.3) is 0 Å². The molecule has 0 bridgehead atoms. The number of nitrogens with one attached hydrogen (secondary N) is 2. The van der Waals surface area contributed by atoms with Crippen molar-refractivity contribution >= 4 is 29.5 Å². The number of ether oxygens (including phenoxy) is 4. The monoisotopic (exact) mass is 806 g/mol. The van der Waals surface area contributed by atoms with Gasteiger partial charge in [-0.25, -0.2) is 4.79 Å². The number of aliphatic carboxylic acids is 1. The lowest BCUT2D eigenvalue weighted by Gasteiger charge is -2.36. The van der Waals surface area contributed by atoms with E-state index in [1.807, 2.05) is 39.5 Å². The fourth-order valence-electron chi connectivity index (χ4n) is 7.30. The lowest BCUT2D eigenvalue weighted by Crippen LogP contribution is -2.54. The van der Waals surface area contributed by atoms with Crippen LogP contribution in [0.5, 0.6) is 5.75 Å². The lowest BCUT2D eigenvalue weighted by molar-refractivity contribution is -0.142. The molecule has 0 unspecified atom stereocenters. The van der Waals surface area contributed by atoms with Crippen LogP contribution in [-0.2, 0) is 33.3 Å². The maximum atomic E-state index is 12.8. The summed E-state index contributed by atoms with van der Waals surface area (Å²) in [6.45, 7) is 8.28. The number of amides is 2.